The Balaban J connectivity index is 1.11. The van der Waals surface area contributed by atoms with Crippen LogP contribution in [0.4, 0.5) is 22.7 Å². The summed E-state index contributed by atoms with van der Waals surface area (Å²) in [6.07, 6.45) is 31.7. The van der Waals surface area contributed by atoms with Crippen molar-refractivity contribution >= 4 is 40.1 Å². The summed E-state index contributed by atoms with van der Waals surface area (Å²) >= 11 is 1.78. The lowest BCUT2D eigenvalue weighted by Gasteiger charge is -2.32. The highest BCUT2D eigenvalue weighted by Gasteiger charge is 2.24. The molecule has 2 aliphatic rings. The largest absolute Gasteiger partial charge is 0.317 e. The third-order valence-electron chi connectivity index (χ3n) is 12.3. The fraction of sp³-hybridized carbons (Fsp3) is 0.148. The van der Waals surface area contributed by atoms with Crippen molar-refractivity contribution in [3.8, 4) is 22.3 Å². The molecule has 1 aliphatic heterocycles. The van der Waals surface area contributed by atoms with Gasteiger partial charge < -0.3 is 9.80 Å². The first-order valence-corrected chi connectivity index (χ1v) is 23.7. The van der Waals surface area contributed by atoms with Gasteiger partial charge in [-0.2, -0.15) is 0 Å². The topological polar surface area (TPSA) is 6.48 Å². The molecule has 0 aromatic heterocycles. The average molecular weight is 851 g/mol. The smallest absolute Gasteiger partial charge is 0.0534 e. The molecular formula is C61H58N2S. The Morgan fingerprint density at radius 2 is 1.55 bits per heavy atom. The summed E-state index contributed by atoms with van der Waals surface area (Å²) in [4.78, 5) is 6.06. The van der Waals surface area contributed by atoms with E-state index in [-0.39, 0.29) is 5.92 Å². The van der Waals surface area contributed by atoms with E-state index in [1.165, 1.54) is 66.4 Å². The minimum absolute atomic E-state index is 0.259. The maximum atomic E-state index is 4.49. The zero-order valence-corrected chi connectivity index (χ0v) is 38.5. The van der Waals surface area contributed by atoms with Crippen LogP contribution in [-0.4, -0.2) is 6.26 Å². The summed E-state index contributed by atoms with van der Waals surface area (Å²) in [5.41, 5.74) is 19.6. The quantitative estimate of drug-likeness (QED) is 0.0796. The first-order chi connectivity index (χ1) is 31.4. The monoisotopic (exact) mass is 850 g/mol. The first kappa shape index (κ1) is 43.8. The highest BCUT2D eigenvalue weighted by atomic mass is 32.2. The third kappa shape index (κ3) is 9.56. The second-order valence-electron chi connectivity index (χ2n) is 16.5. The van der Waals surface area contributed by atoms with Crippen LogP contribution in [0.5, 0.6) is 0 Å². The molecule has 0 saturated carbocycles. The summed E-state index contributed by atoms with van der Waals surface area (Å²) in [5.74, 6) is 0.259. The molecule has 0 spiro atoms. The normalized spacial score (nSPS) is 15.8. The van der Waals surface area contributed by atoms with Crippen molar-refractivity contribution < 1.29 is 0 Å². The van der Waals surface area contributed by atoms with Gasteiger partial charge in [-0.15, -0.1) is 11.8 Å². The number of aryl methyl sites for hydroxylation is 2. The van der Waals surface area contributed by atoms with Gasteiger partial charge in [-0.1, -0.05) is 160 Å². The molecule has 0 fully saturated rings. The maximum Gasteiger partial charge on any atom is 0.0534 e. The van der Waals surface area contributed by atoms with Gasteiger partial charge in [0.25, 0.3) is 0 Å². The van der Waals surface area contributed by atoms with Gasteiger partial charge >= 0.3 is 0 Å². The van der Waals surface area contributed by atoms with Crippen LogP contribution in [-0.2, 0) is 12.8 Å². The predicted octanol–water partition coefficient (Wildman–Crippen LogP) is 17.2. The summed E-state index contributed by atoms with van der Waals surface area (Å²) in [6.45, 7) is 15.0. The lowest BCUT2D eigenvalue weighted by molar-refractivity contribution is 0.831. The molecule has 8 rings (SSSR count). The van der Waals surface area contributed by atoms with Crippen molar-refractivity contribution in [1.29, 1.82) is 0 Å². The Morgan fingerprint density at radius 1 is 0.750 bits per heavy atom. The molecule has 1 atom stereocenters. The SMILES string of the molecule is C=C/C=C\C=C/Cc1ccc(N(C2=CCC(c3ccc(N4/C=C\C=C/C(=C)c5cc(-c6ccccc6SC)ccc54)cc3C)C=C2)c2cccc(-c3ccccc3C)c2CCC)cc1. The van der Waals surface area contributed by atoms with Crippen molar-refractivity contribution in [2.24, 2.45) is 0 Å². The van der Waals surface area contributed by atoms with Gasteiger partial charge in [0.2, 0.25) is 0 Å². The van der Waals surface area contributed by atoms with E-state index in [1.807, 2.05) is 12.2 Å². The third-order valence-corrected chi connectivity index (χ3v) is 13.1. The van der Waals surface area contributed by atoms with Crippen LogP contribution in [0.25, 0.3) is 27.8 Å². The van der Waals surface area contributed by atoms with Crippen molar-refractivity contribution in [3.63, 3.8) is 0 Å². The number of anilines is 4. The van der Waals surface area contributed by atoms with Crippen molar-refractivity contribution in [1.82, 2.24) is 0 Å². The van der Waals surface area contributed by atoms with Gasteiger partial charge in [-0.25, -0.2) is 0 Å². The summed E-state index contributed by atoms with van der Waals surface area (Å²) < 4.78 is 0. The average Bonchev–Trinajstić information content (AvgIpc) is 3.32. The molecule has 1 heterocycles. The van der Waals surface area contributed by atoms with E-state index in [4.69, 9.17) is 0 Å². The van der Waals surface area contributed by atoms with Crippen LogP contribution in [0.2, 0.25) is 0 Å². The van der Waals surface area contributed by atoms with E-state index in [1.54, 1.807) is 17.8 Å². The standard InChI is InChI=1S/C61H58N2S/c1-7-9-10-11-12-23-47-29-34-50(35-30-47)63(60-27-19-26-56(57(60)20-8-2)54-24-14-13-21-44(54)3)51-36-31-48(32-37-51)53-39-38-52(42-46(53)5)62-41-18-17-22-45(4)58-43-49(33-40-59(58)62)55-25-15-16-28-61(55)64-6/h7,9-19,21-22,24-31,33-43,48H,1,4,8,20,23,32H2,2-3,5-6H3/b10-9-,12-11-,22-17-,41-18-. The molecule has 6 aromatic rings. The molecule has 0 amide bonds. The van der Waals surface area contributed by atoms with Crippen LogP contribution >= 0.6 is 11.8 Å². The second-order valence-corrected chi connectivity index (χ2v) is 17.4. The van der Waals surface area contributed by atoms with Crippen LogP contribution in [0.3, 0.4) is 0 Å². The van der Waals surface area contributed by atoms with E-state index in [9.17, 15) is 0 Å². The predicted molar refractivity (Wildman–Crippen MR) is 280 cm³/mol. The number of fused-ring (bicyclic) bond motifs is 1. The fourth-order valence-corrected chi connectivity index (χ4v) is 9.67. The summed E-state index contributed by atoms with van der Waals surface area (Å²) in [6, 6.07) is 47.1. The van der Waals surface area contributed by atoms with E-state index in [2.05, 4.69) is 232 Å². The number of rotatable bonds is 14. The number of benzene rings is 6. The minimum atomic E-state index is 0.259. The Kier molecular flexibility index (Phi) is 14.1. The first-order valence-electron chi connectivity index (χ1n) is 22.5. The lowest BCUT2D eigenvalue weighted by Crippen LogP contribution is -2.19. The molecule has 64 heavy (non-hydrogen) atoms. The van der Waals surface area contributed by atoms with Crippen LogP contribution in [0.1, 0.15) is 59.1 Å². The minimum Gasteiger partial charge on any atom is -0.317 e. The molecule has 6 aromatic carbocycles. The molecule has 0 bridgehead atoms. The van der Waals surface area contributed by atoms with Crippen LogP contribution in [0.15, 0.2) is 224 Å². The Bertz CT molecular complexity index is 2840. The van der Waals surface area contributed by atoms with Crippen molar-refractivity contribution in [3.05, 3.63) is 253 Å². The number of hydrogen-bond donors (Lipinski definition) is 0. The number of nitrogens with zero attached hydrogens (tertiary/aromatic N) is 2. The second kappa shape index (κ2) is 20.6. The Labute approximate surface area is 386 Å². The van der Waals surface area contributed by atoms with Gasteiger partial charge in [-0.3, -0.25) is 0 Å². The molecule has 318 valence electrons. The lowest BCUT2D eigenvalue weighted by atomic mass is 9.87. The Morgan fingerprint density at radius 3 is 2.30 bits per heavy atom. The molecule has 0 radical (unpaired) electrons. The number of hydrogen-bond acceptors (Lipinski definition) is 3. The molecule has 2 nitrogen and oxygen atoms in total. The zero-order valence-electron chi connectivity index (χ0n) is 37.7. The molecule has 0 N–H and O–H groups in total. The highest BCUT2D eigenvalue weighted by molar-refractivity contribution is 7.98. The van der Waals surface area contributed by atoms with Crippen molar-refractivity contribution in [2.75, 3.05) is 16.1 Å². The van der Waals surface area contributed by atoms with Gasteiger partial charge in [-0.05, 0) is 156 Å². The molecule has 3 heteroatoms. The molecule has 0 saturated heterocycles. The molecular weight excluding hydrogens is 793 g/mol. The van der Waals surface area contributed by atoms with Crippen molar-refractivity contribution in [2.45, 2.75) is 57.3 Å². The molecule has 1 aliphatic carbocycles. The van der Waals surface area contributed by atoms with Gasteiger partial charge in [0, 0.05) is 45.3 Å². The summed E-state index contributed by atoms with van der Waals surface area (Å²) in [5, 5.41) is 0. The van der Waals surface area contributed by atoms with Gasteiger partial charge in [0.05, 0.1) is 5.69 Å². The van der Waals surface area contributed by atoms with Gasteiger partial charge in [0.15, 0.2) is 0 Å². The highest BCUT2D eigenvalue weighted by Crippen LogP contribution is 2.43. The number of thioether (sulfide) groups is 1. The Hall–Kier alpha value is -6.81. The fourth-order valence-electron chi connectivity index (χ4n) is 9.05. The van der Waals surface area contributed by atoms with Crippen LogP contribution in [0, 0.1) is 13.8 Å². The number of allylic oxidation sites excluding steroid dienone is 12. The van der Waals surface area contributed by atoms with E-state index in [0.717, 1.165) is 53.9 Å². The van der Waals surface area contributed by atoms with Gasteiger partial charge in [0.1, 0.15) is 0 Å². The maximum absolute atomic E-state index is 4.49. The zero-order chi connectivity index (χ0) is 44.4. The van der Waals surface area contributed by atoms with E-state index >= 15 is 0 Å². The van der Waals surface area contributed by atoms with E-state index < -0.39 is 0 Å². The molecule has 1 unspecified atom stereocenters. The van der Waals surface area contributed by atoms with E-state index in [0.29, 0.717) is 0 Å². The van der Waals surface area contributed by atoms with Crippen LogP contribution < -0.4 is 9.80 Å². The summed E-state index contributed by atoms with van der Waals surface area (Å²) in [7, 11) is 0.